The minimum atomic E-state index is -2.80. The van der Waals surface area contributed by atoms with E-state index in [0.717, 1.165) is 12.0 Å². The van der Waals surface area contributed by atoms with E-state index in [1.165, 1.54) is 56.3 Å². The Labute approximate surface area is 388 Å². The number of aliphatic hydroxyl groups is 1. The summed E-state index contributed by atoms with van der Waals surface area (Å²) in [5, 5.41) is 13.7. The first-order valence-electron chi connectivity index (χ1n) is 21.8. The van der Waals surface area contributed by atoms with Crippen molar-refractivity contribution in [2.24, 2.45) is 0 Å². The van der Waals surface area contributed by atoms with Crippen LogP contribution in [-0.4, -0.2) is 72.1 Å². The summed E-state index contributed by atoms with van der Waals surface area (Å²) < 4.78 is 42.9. The molecule has 0 radical (unpaired) electrons. The maximum Gasteiger partial charge on any atom is 0.338 e. The van der Waals surface area contributed by atoms with Gasteiger partial charge in [-0.2, -0.15) is 0 Å². The summed E-state index contributed by atoms with van der Waals surface area (Å²) in [6, 6.07) is 44.3. The third kappa shape index (κ3) is 11.8. The zero-order chi connectivity index (χ0) is 47.3. The smallest absolute Gasteiger partial charge is 0.338 e. The number of hydrogen-bond acceptors (Lipinski definition) is 13. The number of esters is 5. The Morgan fingerprint density at radius 3 is 1.60 bits per heavy atom. The van der Waals surface area contributed by atoms with Crippen LogP contribution in [0.15, 0.2) is 164 Å². The molecule has 0 aromatic heterocycles. The Morgan fingerprint density at radius 1 is 0.612 bits per heavy atom. The van der Waals surface area contributed by atoms with Crippen LogP contribution in [0.5, 0.6) is 5.75 Å². The lowest BCUT2D eigenvalue weighted by molar-refractivity contribution is -0.360. The van der Waals surface area contributed by atoms with Crippen molar-refractivity contribution >= 4 is 29.8 Å². The van der Waals surface area contributed by atoms with Crippen LogP contribution in [0.1, 0.15) is 90.9 Å². The van der Waals surface area contributed by atoms with Crippen molar-refractivity contribution in [2.75, 3.05) is 6.61 Å². The lowest BCUT2D eigenvalue weighted by Gasteiger charge is -2.50. The molecule has 1 aliphatic heterocycles. The number of hydrogen-bond donors (Lipinski definition) is 1. The zero-order valence-electron chi connectivity index (χ0n) is 37.1. The highest BCUT2D eigenvalue weighted by Gasteiger charge is 2.62. The molecule has 6 aromatic carbocycles. The predicted molar refractivity (Wildman–Crippen MR) is 244 cm³/mol. The molecule has 0 amide bonds. The number of ether oxygens (including phenoxy) is 7. The first-order valence-corrected chi connectivity index (χ1v) is 21.8. The molecule has 1 saturated heterocycles. The van der Waals surface area contributed by atoms with Crippen LogP contribution in [-0.2, 0) is 52.0 Å². The van der Waals surface area contributed by atoms with Gasteiger partial charge in [0.25, 0.3) is 0 Å². The van der Waals surface area contributed by atoms with Gasteiger partial charge in [-0.1, -0.05) is 104 Å². The standard InChI is InChI=1S/C54H50O13/c1-4-31-61-44-29-26-37(27-30-44)32-43-28-25-38(34-62-36(3)55)33-45(43)54(60)49(66-53(59)42-23-15-8-16-24-42)48(65-52(58)41-21-13-7-14-22-41)47(64-51(57)40-19-11-6-12-20-40)46(67-54)35(2)63-50(56)39-17-9-5-10-18-39/h5-30,33,35,46-49,60H,4,31-32,34H2,1-3H3/t35-,46+,47+,48-,49+,54+/m0/s1. The summed E-state index contributed by atoms with van der Waals surface area (Å²) >= 11 is 0. The molecule has 0 bridgehead atoms. The number of rotatable bonds is 17. The summed E-state index contributed by atoms with van der Waals surface area (Å²) in [6.07, 6.45) is -7.62. The van der Waals surface area contributed by atoms with Crippen LogP contribution in [0.4, 0.5) is 0 Å². The van der Waals surface area contributed by atoms with Gasteiger partial charge in [0, 0.05) is 12.5 Å². The topological polar surface area (TPSA) is 170 Å². The van der Waals surface area contributed by atoms with Gasteiger partial charge in [-0.15, -0.1) is 0 Å². The minimum absolute atomic E-state index is 0.00880. The summed E-state index contributed by atoms with van der Waals surface area (Å²) in [7, 11) is 0. The molecule has 13 nitrogen and oxygen atoms in total. The molecule has 0 spiro atoms. The molecule has 1 heterocycles. The fraction of sp³-hybridized carbons (Fsp3) is 0.241. The first kappa shape index (κ1) is 47.4. The average Bonchev–Trinajstić information content (AvgIpc) is 3.36. The van der Waals surface area contributed by atoms with Crippen molar-refractivity contribution in [2.45, 2.75) is 76.5 Å². The molecule has 1 N–H and O–H groups in total. The molecule has 13 heteroatoms. The van der Waals surface area contributed by atoms with Crippen molar-refractivity contribution in [3.05, 3.63) is 208 Å². The molecular formula is C54H50O13. The van der Waals surface area contributed by atoms with E-state index in [1.54, 1.807) is 97.1 Å². The van der Waals surface area contributed by atoms with Gasteiger partial charge in [-0.25, -0.2) is 19.2 Å². The van der Waals surface area contributed by atoms with E-state index in [1.807, 2.05) is 31.2 Å². The molecule has 7 rings (SSSR count). The van der Waals surface area contributed by atoms with Crippen molar-refractivity contribution in [3.63, 3.8) is 0 Å². The molecule has 0 aliphatic carbocycles. The Hall–Kier alpha value is -7.61. The highest BCUT2D eigenvalue weighted by molar-refractivity contribution is 5.92. The Bertz CT molecular complexity index is 2620. The molecule has 6 aromatic rings. The summed E-state index contributed by atoms with van der Waals surface area (Å²) in [5.74, 6) is -6.27. The SMILES string of the molecule is CCCOc1ccc(Cc2ccc(COC(C)=O)cc2[C@@]2(O)O[C@H]([C@H](C)OC(=O)c3ccccc3)[C@@H](OC(=O)c3ccccc3)[C@H](OC(=O)c3ccccc3)[C@H]2OC(=O)c2ccccc2)cc1. The summed E-state index contributed by atoms with van der Waals surface area (Å²) in [5.41, 5.74) is 2.07. The van der Waals surface area contributed by atoms with Crippen molar-refractivity contribution in [1.82, 2.24) is 0 Å². The maximum absolute atomic E-state index is 14.4. The zero-order valence-corrected chi connectivity index (χ0v) is 37.1. The van der Waals surface area contributed by atoms with Crippen LogP contribution < -0.4 is 4.74 Å². The second kappa shape index (κ2) is 22.1. The summed E-state index contributed by atoms with van der Waals surface area (Å²) in [4.78, 5) is 68.7. The number of carbonyl (C=O) groups is 5. The van der Waals surface area contributed by atoms with Crippen LogP contribution in [0.3, 0.4) is 0 Å². The van der Waals surface area contributed by atoms with Crippen LogP contribution >= 0.6 is 0 Å². The highest BCUT2D eigenvalue weighted by Crippen LogP contribution is 2.45. The third-order valence-corrected chi connectivity index (χ3v) is 11.0. The molecule has 67 heavy (non-hydrogen) atoms. The minimum Gasteiger partial charge on any atom is -0.494 e. The second-order valence-corrected chi connectivity index (χ2v) is 15.9. The van der Waals surface area contributed by atoms with Gasteiger partial charge in [-0.3, -0.25) is 4.79 Å². The molecular weight excluding hydrogens is 857 g/mol. The molecule has 0 unspecified atom stereocenters. The van der Waals surface area contributed by atoms with E-state index < -0.39 is 66.2 Å². The molecule has 6 atom stereocenters. The normalized spacial score (nSPS) is 19.2. The fourth-order valence-electron chi connectivity index (χ4n) is 7.61. The molecule has 0 saturated carbocycles. The van der Waals surface area contributed by atoms with Gasteiger partial charge >= 0.3 is 29.8 Å². The molecule has 1 aliphatic rings. The Balaban J connectivity index is 1.44. The van der Waals surface area contributed by atoms with Gasteiger partial charge < -0.3 is 38.3 Å². The molecule has 344 valence electrons. The van der Waals surface area contributed by atoms with E-state index in [-0.39, 0.29) is 40.8 Å². The lowest BCUT2D eigenvalue weighted by Crippen LogP contribution is -2.68. The lowest BCUT2D eigenvalue weighted by atomic mass is 9.82. The quantitative estimate of drug-likeness (QED) is 0.0683. The van der Waals surface area contributed by atoms with E-state index in [2.05, 4.69) is 0 Å². The van der Waals surface area contributed by atoms with Crippen LogP contribution in [0.25, 0.3) is 0 Å². The van der Waals surface area contributed by atoms with Gasteiger partial charge in [0.15, 0.2) is 12.2 Å². The average molecular weight is 907 g/mol. The second-order valence-electron chi connectivity index (χ2n) is 15.9. The monoisotopic (exact) mass is 906 g/mol. The Kier molecular flexibility index (Phi) is 15.6. The summed E-state index contributed by atoms with van der Waals surface area (Å²) in [6.45, 7) is 5.03. The molecule has 1 fully saturated rings. The van der Waals surface area contributed by atoms with Crippen LogP contribution in [0, 0.1) is 0 Å². The van der Waals surface area contributed by atoms with Gasteiger partial charge in [-0.05, 0) is 103 Å². The van der Waals surface area contributed by atoms with E-state index in [4.69, 9.17) is 33.2 Å². The number of benzene rings is 6. The van der Waals surface area contributed by atoms with Gasteiger partial charge in [0.1, 0.15) is 24.6 Å². The van der Waals surface area contributed by atoms with Crippen molar-refractivity contribution < 1.29 is 62.2 Å². The van der Waals surface area contributed by atoms with Gasteiger partial charge in [0.05, 0.1) is 28.9 Å². The van der Waals surface area contributed by atoms with E-state index in [9.17, 15) is 29.1 Å². The van der Waals surface area contributed by atoms with E-state index in [0.29, 0.717) is 23.5 Å². The van der Waals surface area contributed by atoms with E-state index >= 15 is 0 Å². The Morgan fingerprint density at radius 2 is 1.09 bits per heavy atom. The third-order valence-electron chi connectivity index (χ3n) is 11.0. The maximum atomic E-state index is 14.4. The first-order chi connectivity index (χ1) is 32.4. The highest BCUT2D eigenvalue weighted by atomic mass is 16.7. The van der Waals surface area contributed by atoms with Gasteiger partial charge in [0.2, 0.25) is 11.9 Å². The van der Waals surface area contributed by atoms with Crippen LogP contribution in [0.2, 0.25) is 0 Å². The predicted octanol–water partition coefficient (Wildman–Crippen LogP) is 8.60. The largest absolute Gasteiger partial charge is 0.494 e. The fourth-order valence-corrected chi connectivity index (χ4v) is 7.61. The van der Waals surface area contributed by atoms with Crippen molar-refractivity contribution in [1.29, 1.82) is 0 Å². The number of carbonyl (C=O) groups excluding carboxylic acids is 5. The van der Waals surface area contributed by atoms with Crippen molar-refractivity contribution in [3.8, 4) is 5.75 Å².